The first-order valence-electron chi connectivity index (χ1n) is 13.1. The number of aromatic amines is 2. The van der Waals surface area contributed by atoms with Crippen LogP contribution in [-0.2, 0) is 13.0 Å². The molecule has 1 unspecified atom stereocenters. The molecule has 5 aromatic rings. The van der Waals surface area contributed by atoms with E-state index in [4.69, 9.17) is 32.7 Å². The van der Waals surface area contributed by atoms with E-state index in [0.717, 1.165) is 27.7 Å². The molecule has 3 heterocycles. The van der Waals surface area contributed by atoms with Crippen molar-refractivity contribution in [1.29, 1.82) is 0 Å². The number of aryl methyl sites for hydroxylation is 1. The standard InChI is InChI=1S/C30H26Cl2N4O5/c31-19-4-9-22(10-5-19)41-30(39)36-14-12-23-24-16-20(32)6-11-25(24)33-27(23)28(36)18-2-7-21(8-3-18)40-15-1-13-35-17-26(37)34-29(35)38/h2-11,16-17,28,33,37H,1,12-15H2,(H,34,38). The van der Waals surface area contributed by atoms with Crippen molar-refractivity contribution in [3.8, 4) is 17.4 Å². The number of nitrogens with zero attached hydrogens (tertiary/aromatic N) is 2. The van der Waals surface area contributed by atoms with Crippen molar-refractivity contribution in [1.82, 2.24) is 19.4 Å². The number of hydrogen-bond acceptors (Lipinski definition) is 5. The number of amides is 1. The molecule has 0 bridgehead atoms. The zero-order valence-electron chi connectivity index (χ0n) is 21.8. The van der Waals surface area contributed by atoms with Gasteiger partial charge in [-0.25, -0.2) is 9.59 Å². The second-order valence-electron chi connectivity index (χ2n) is 9.78. The van der Waals surface area contributed by atoms with E-state index in [9.17, 15) is 14.7 Å². The molecule has 1 atom stereocenters. The van der Waals surface area contributed by atoms with Crippen LogP contribution in [0.1, 0.15) is 29.3 Å². The molecule has 1 aliphatic heterocycles. The van der Waals surface area contributed by atoms with Crippen molar-refractivity contribution in [3.05, 3.63) is 110 Å². The van der Waals surface area contributed by atoms with Gasteiger partial charge in [0.1, 0.15) is 17.5 Å². The van der Waals surface area contributed by atoms with Crippen molar-refractivity contribution >= 4 is 40.2 Å². The van der Waals surface area contributed by atoms with Crippen LogP contribution < -0.4 is 15.2 Å². The minimum Gasteiger partial charge on any atom is -0.494 e. The lowest BCUT2D eigenvalue weighted by Gasteiger charge is -2.35. The minimum absolute atomic E-state index is 0.165. The topological polar surface area (TPSA) is 113 Å². The van der Waals surface area contributed by atoms with Crippen LogP contribution in [0.15, 0.2) is 77.7 Å². The number of carbonyl (C=O) groups is 1. The molecule has 9 nitrogen and oxygen atoms in total. The second-order valence-corrected chi connectivity index (χ2v) is 10.7. The molecule has 0 radical (unpaired) electrons. The molecule has 0 saturated carbocycles. The highest BCUT2D eigenvalue weighted by Gasteiger charge is 2.35. The van der Waals surface area contributed by atoms with Crippen LogP contribution in [0, 0.1) is 0 Å². The SMILES string of the molecule is O=C(Oc1ccc(Cl)cc1)N1CCc2c([nH]c3ccc(Cl)cc23)C1c1ccc(OCCCn2cc(O)[nH]c2=O)cc1. The average Bonchev–Trinajstić information content (AvgIpc) is 3.49. The van der Waals surface area contributed by atoms with Crippen LogP contribution in [0.2, 0.25) is 10.0 Å². The summed E-state index contributed by atoms with van der Waals surface area (Å²) in [4.78, 5) is 32.7. The molecule has 1 aliphatic rings. The lowest BCUT2D eigenvalue weighted by Crippen LogP contribution is -2.42. The van der Waals surface area contributed by atoms with Gasteiger partial charge in [0.2, 0.25) is 5.88 Å². The number of H-pyrrole nitrogens is 2. The molecule has 2 aromatic heterocycles. The fourth-order valence-electron chi connectivity index (χ4n) is 5.22. The minimum atomic E-state index is -0.467. The Balaban J connectivity index is 1.24. The maximum atomic E-state index is 13.5. The number of nitrogens with one attached hydrogen (secondary N) is 2. The predicted octanol–water partition coefficient (Wildman–Crippen LogP) is 6.29. The summed E-state index contributed by atoms with van der Waals surface area (Å²) >= 11 is 12.3. The Labute approximate surface area is 244 Å². The number of aromatic nitrogens is 3. The van der Waals surface area contributed by atoms with E-state index in [1.807, 2.05) is 42.5 Å². The van der Waals surface area contributed by atoms with Crippen molar-refractivity contribution in [2.45, 2.75) is 25.4 Å². The number of carbonyl (C=O) groups excluding carboxylic acids is 1. The third-order valence-electron chi connectivity index (χ3n) is 7.12. The van der Waals surface area contributed by atoms with Crippen molar-refractivity contribution in [2.75, 3.05) is 13.2 Å². The highest BCUT2D eigenvalue weighted by atomic mass is 35.5. The number of benzene rings is 3. The van der Waals surface area contributed by atoms with E-state index in [-0.39, 0.29) is 11.6 Å². The monoisotopic (exact) mass is 592 g/mol. The summed E-state index contributed by atoms with van der Waals surface area (Å²) in [7, 11) is 0. The molecule has 3 N–H and O–H groups in total. The van der Waals surface area contributed by atoms with Crippen molar-refractivity contribution < 1.29 is 19.4 Å². The van der Waals surface area contributed by atoms with Gasteiger partial charge in [0.25, 0.3) is 0 Å². The molecule has 0 saturated heterocycles. The molecular weight excluding hydrogens is 567 g/mol. The van der Waals surface area contributed by atoms with Gasteiger partial charge in [-0.3, -0.25) is 14.5 Å². The Morgan fingerprint density at radius 2 is 1.71 bits per heavy atom. The lowest BCUT2D eigenvalue weighted by molar-refractivity contribution is 0.135. The van der Waals surface area contributed by atoms with Crippen molar-refractivity contribution in [2.24, 2.45) is 0 Å². The lowest BCUT2D eigenvalue weighted by atomic mass is 9.92. The van der Waals surface area contributed by atoms with Gasteiger partial charge in [0.15, 0.2) is 0 Å². The van der Waals surface area contributed by atoms with Gasteiger partial charge in [0, 0.05) is 39.7 Å². The first-order chi connectivity index (χ1) is 19.9. The van der Waals surface area contributed by atoms with Crippen LogP contribution in [0.3, 0.4) is 0 Å². The summed E-state index contributed by atoms with van der Waals surface area (Å²) < 4.78 is 13.0. The largest absolute Gasteiger partial charge is 0.494 e. The van der Waals surface area contributed by atoms with Crippen LogP contribution in [-0.4, -0.2) is 43.8 Å². The Hall–Kier alpha value is -4.34. The maximum Gasteiger partial charge on any atom is 0.416 e. The summed E-state index contributed by atoms with van der Waals surface area (Å²) in [6.45, 7) is 1.25. The van der Waals surface area contributed by atoms with Gasteiger partial charge < -0.3 is 19.6 Å². The van der Waals surface area contributed by atoms with E-state index in [1.54, 1.807) is 29.2 Å². The molecule has 6 rings (SSSR count). The van der Waals surface area contributed by atoms with Gasteiger partial charge in [0.05, 0.1) is 12.8 Å². The normalized spacial score (nSPS) is 14.7. The molecule has 41 heavy (non-hydrogen) atoms. The van der Waals surface area contributed by atoms with Gasteiger partial charge in [-0.15, -0.1) is 0 Å². The number of ether oxygens (including phenoxy) is 2. The molecule has 0 spiro atoms. The predicted molar refractivity (Wildman–Crippen MR) is 156 cm³/mol. The summed E-state index contributed by atoms with van der Waals surface area (Å²) in [5.74, 6) is 0.905. The highest BCUT2D eigenvalue weighted by molar-refractivity contribution is 6.31. The van der Waals surface area contributed by atoms with Gasteiger partial charge >= 0.3 is 11.8 Å². The molecule has 0 aliphatic carbocycles. The number of fused-ring (bicyclic) bond motifs is 3. The molecule has 1 amide bonds. The Kier molecular flexibility index (Phi) is 7.38. The van der Waals surface area contributed by atoms with Crippen LogP contribution in [0.25, 0.3) is 10.9 Å². The fraction of sp³-hybridized carbons (Fsp3) is 0.200. The maximum absolute atomic E-state index is 13.5. The Morgan fingerprint density at radius 1 is 0.976 bits per heavy atom. The zero-order valence-corrected chi connectivity index (χ0v) is 23.3. The van der Waals surface area contributed by atoms with Gasteiger partial charge in [-0.05, 0) is 78.6 Å². The number of halogens is 2. The van der Waals surface area contributed by atoms with E-state index in [1.165, 1.54) is 10.8 Å². The fourth-order valence-corrected chi connectivity index (χ4v) is 5.52. The quantitative estimate of drug-likeness (QED) is 0.192. The average molecular weight is 593 g/mol. The first kappa shape index (κ1) is 26.9. The molecule has 0 fully saturated rings. The van der Waals surface area contributed by atoms with E-state index in [2.05, 4.69) is 9.97 Å². The first-order valence-corrected chi connectivity index (χ1v) is 13.9. The van der Waals surface area contributed by atoms with Gasteiger partial charge in [-0.2, -0.15) is 0 Å². The number of imidazole rings is 1. The Morgan fingerprint density at radius 3 is 2.44 bits per heavy atom. The summed E-state index contributed by atoms with van der Waals surface area (Å²) in [6, 6.07) is 19.6. The molecular formula is C30H26Cl2N4O5. The Bertz CT molecular complexity index is 1760. The van der Waals surface area contributed by atoms with E-state index in [0.29, 0.717) is 54.1 Å². The van der Waals surface area contributed by atoms with E-state index >= 15 is 0 Å². The van der Waals surface area contributed by atoms with E-state index < -0.39 is 12.1 Å². The highest BCUT2D eigenvalue weighted by Crippen LogP contribution is 2.40. The third kappa shape index (κ3) is 5.64. The summed E-state index contributed by atoms with van der Waals surface area (Å²) in [6.07, 6.45) is 2.11. The summed E-state index contributed by atoms with van der Waals surface area (Å²) in [5, 5.41) is 11.7. The molecule has 210 valence electrons. The van der Waals surface area contributed by atoms with Crippen LogP contribution in [0.5, 0.6) is 17.4 Å². The van der Waals surface area contributed by atoms with Crippen LogP contribution >= 0.6 is 23.2 Å². The van der Waals surface area contributed by atoms with Gasteiger partial charge in [-0.1, -0.05) is 35.3 Å². The second kappa shape index (κ2) is 11.3. The van der Waals surface area contributed by atoms with Crippen molar-refractivity contribution in [3.63, 3.8) is 0 Å². The third-order valence-corrected chi connectivity index (χ3v) is 7.61. The number of hydrogen-bond donors (Lipinski definition) is 3. The molecule has 11 heteroatoms. The number of rotatable bonds is 7. The van der Waals surface area contributed by atoms with Crippen LogP contribution in [0.4, 0.5) is 4.79 Å². The zero-order chi connectivity index (χ0) is 28.5. The smallest absolute Gasteiger partial charge is 0.416 e. The summed E-state index contributed by atoms with van der Waals surface area (Å²) in [5.41, 5.74) is 3.51. The molecule has 3 aromatic carbocycles. The number of aromatic hydroxyl groups is 1.